The second-order valence-electron chi connectivity index (χ2n) is 5.09. The van der Waals surface area contributed by atoms with Gasteiger partial charge in [0, 0.05) is 6.61 Å². The third kappa shape index (κ3) is 6.93. The van der Waals surface area contributed by atoms with Gasteiger partial charge in [-0.3, -0.25) is 0 Å². The summed E-state index contributed by atoms with van der Waals surface area (Å²) in [7, 11) is 1.69. The minimum Gasteiger partial charge on any atom is -0.497 e. The Labute approximate surface area is 128 Å². The predicted octanol–water partition coefficient (Wildman–Crippen LogP) is 3.18. The number of hydrogen-bond acceptors (Lipinski definition) is 4. The maximum atomic E-state index is 5.90. The summed E-state index contributed by atoms with van der Waals surface area (Å²) in [6, 6.07) is 8.30. The van der Waals surface area contributed by atoms with Crippen LogP contribution in [0.15, 0.2) is 24.3 Å². The molecule has 0 amide bonds. The van der Waals surface area contributed by atoms with Crippen molar-refractivity contribution in [3.05, 3.63) is 29.8 Å². The normalized spacial score (nSPS) is 13.9. The van der Waals surface area contributed by atoms with Gasteiger partial charge in [-0.05, 0) is 44.5 Å². The smallest absolute Gasteiger partial charge is 0.119 e. The quantitative estimate of drug-likeness (QED) is 0.680. The molecule has 0 bridgehead atoms. The number of rotatable bonds is 11. The fraction of sp³-hybridized carbons (Fsp3) is 0.647. The number of ether oxygens (including phenoxy) is 3. The lowest BCUT2D eigenvalue weighted by Crippen LogP contribution is -2.29. The van der Waals surface area contributed by atoms with Crippen LogP contribution in [-0.4, -0.2) is 39.6 Å². The van der Waals surface area contributed by atoms with E-state index in [0.29, 0.717) is 13.2 Å². The van der Waals surface area contributed by atoms with Crippen molar-refractivity contribution in [3.63, 3.8) is 0 Å². The molecule has 0 heterocycles. The Morgan fingerprint density at radius 2 is 2.00 bits per heavy atom. The lowest BCUT2D eigenvalue weighted by molar-refractivity contribution is -0.0116. The highest BCUT2D eigenvalue weighted by atomic mass is 16.5. The first-order valence-electron chi connectivity index (χ1n) is 7.77. The predicted molar refractivity (Wildman–Crippen MR) is 85.9 cm³/mol. The zero-order chi connectivity index (χ0) is 15.5. The van der Waals surface area contributed by atoms with Gasteiger partial charge in [-0.15, -0.1) is 0 Å². The zero-order valence-electron chi connectivity index (χ0n) is 13.7. The molecule has 21 heavy (non-hydrogen) atoms. The van der Waals surface area contributed by atoms with E-state index in [-0.39, 0.29) is 12.1 Å². The van der Waals surface area contributed by atoms with Crippen molar-refractivity contribution >= 4 is 0 Å². The molecule has 120 valence electrons. The summed E-state index contributed by atoms with van der Waals surface area (Å²) in [5.41, 5.74) is 1.19. The lowest BCUT2D eigenvalue weighted by atomic mass is 10.1. The first-order chi connectivity index (χ1) is 10.2. The van der Waals surface area contributed by atoms with Gasteiger partial charge in [0.05, 0.1) is 32.5 Å². The number of methoxy groups -OCH3 is 1. The van der Waals surface area contributed by atoms with Gasteiger partial charge in [-0.2, -0.15) is 0 Å². The molecule has 0 saturated heterocycles. The fourth-order valence-electron chi connectivity index (χ4n) is 2.04. The van der Waals surface area contributed by atoms with Crippen molar-refractivity contribution in [2.24, 2.45) is 0 Å². The zero-order valence-corrected chi connectivity index (χ0v) is 13.7. The molecular formula is C17H29NO3. The van der Waals surface area contributed by atoms with Crippen molar-refractivity contribution in [2.75, 3.05) is 33.5 Å². The summed E-state index contributed by atoms with van der Waals surface area (Å²) in [4.78, 5) is 0. The van der Waals surface area contributed by atoms with Crippen molar-refractivity contribution in [1.82, 2.24) is 5.32 Å². The Kier molecular flexibility index (Phi) is 9.06. The average molecular weight is 295 g/mol. The molecule has 1 aromatic rings. The van der Waals surface area contributed by atoms with Crippen molar-refractivity contribution in [2.45, 2.75) is 39.3 Å². The van der Waals surface area contributed by atoms with Gasteiger partial charge in [0.1, 0.15) is 5.75 Å². The molecule has 0 aromatic heterocycles. The van der Waals surface area contributed by atoms with E-state index in [1.54, 1.807) is 7.11 Å². The molecule has 0 aliphatic carbocycles. The van der Waals surface area contributed by atoms with Crippen molar-refractivity contribution < 1.29 is 14.2 Å². The summed E-state index contributed by atoms with van der Waals surface area (Å²) in [5, 5.41) is 3.53. The fourth-order valence-corrected chi connectivity index (χ4v) is 2.04. The molecule has 0 spiro atoms. The Balaban J connectivity index is 2.61. The molecule has 2 atom stereocenters. The van der Waals surface area contributed by atoms with Crippen molar-refractivity contribution in [3.8, 4) is 5.75 Å². The summed E-state index contributed by atoms with van der Waals surface area (Å²) < 4.78 is 16.6. The molecule has 4 nitrogen and oxygen atoms in total. The second-order valence-corrected chi connectivity index (χ2v) is 5.09. The third-order valence-corrected chi connectivity index (χ3v) is 3.24. The van der Waals surface area contributed by atoms with E-state index in [1.807, 2.05) is 26.0 Å². The Morgan fingerprint density at radius 1 is 1.19 bits per heavy atom. The Morgan fingerprint density at radius 3 is 2.67 bits per heavy atom. The van der Waals surface area contributed by atoms with Crippen LogP contribution in [0.4, 0.5) is 0 Å². The molecule has 4 heteroatoms. The maximum Gasteiger partial charge on any atom is 0.119 e. The summed E-state index contributed by atoms with van der Waals surface area (Å²) in [5.74, 6) is 0.873. The Hall–Kier alpha value is -1.10. The average Bonchev–Trinajstić information content (AvgIpc) is 2.53. The van der Waals surface area contributed by atoms with Gasteiger partial charge in [0.15, 0.2) is 0 Å². The molecule has 0 fully saturated rings. The summed E-state index contributed by atoms with van der Waals surface area (Å²) >= 11 is 0. The van der Waals surface area contributed by atoms with Crippen LogP contribution in [0.3, 0.4) is 0 Å². The number of benzene rings is 1. The van der Waals surface area contributed by atoms with Gasteiger partial charge in [0.2, 0.25) is 0 Å². The van der Waals surface area contributed by atoms with Crippen LogP contribution in [0.25, 0.3) is 0 Å². The monoisotopic (exact) mass is 295 g/mol. The minimum absolute atomic E-state index is 0.0986. The molecule has 0 aliphatic heterocycles. The molecule has 1 aromatic carbocycles. The summed E-state index contributed by atoms with van der Waals surface area (Å²) in [6.45, 7) is 9.14. The molecule has 1 N–H and O–H groups in total. The maximum absolute atomic E-state index is 5.90. The van der Waals surface area contributed by atoms with Gasteiger partial charge in [-0.25, -0.2) is 0 Å². The van der Waals surface area contributed by atoms with Gasteiger partial charge in [0.25, 0.3) is 0 Å². The van der Waals surface area contributed by atoms with Crippen LogP contribution in [0.5, 0.6) is 5.75 Å². The van der Waals surface area contributed by atoms with E-state index in [1.165, 1.54) is 5.56 Å². The molecular weight excluding hydrogens is 266 g/mol. The lowest BCUT2D eigenvalue weighted by Gasteiger charge is -2.22. The number of nitrogens with one attached hydrogen (secondary N) is 1. The van der Waals surface area contributed by atoms with E-state index < -0.39 is 0 Å². The van der Waals surface area contributed by atoms with E-state index in [2.05, 4.69) is 24.4 Å². The minimum atomic E-state index is 0.0986. The van der Waals surface area contributed by atoms with Gasteiger partial charge in [-0.1, -0.05) is 19.1 Å². The van der Waals surface area contributed by atoms with E-state index in [4.69, 9.17) is 14.2 Å². The van der Waals surface area contributed by atoms with Crippen LogP contribution in [0.2, 0.25) is 0 Å². The van der Waals surface area contributed by atoms with Gasteiger partial charge >= 0.3 is 0 Å². The van der Waals surface area contributed by atoms with Crippen molar-refractivity contribution in [1.29, 1.82) is 0 Å². The molecule has 2 unspecified atom stereocenters. The standard InChI is InChI=1S/C17H29NO3/c1-5-10-18-17(13-21-14(3)12-20-6-2)15-8-7-9-16(11-15)19-4/h7-9,11,14,17-18H,5-6,10,12-13H2,1-4H3. The highest BCUT2D eigenvalue weighted by molar-refractivity contribution is 5.30. The molecule has 0 radical (unpaired) electrons. The third-order valence-electron chi connectivity index (χ3n) is 3.24. The first-order valence-corrected chi connectivity index (χ1v) is 7.77. The highest BCUT2D eigenvalue weighted by Crippen LogP contribution is 2.20. The topological polar surface area (TPSA) is 39.7 Å². The number of hydrogen-bond donors (Lipinski definition) is 1. The molecule has 1 rings (SSSR count). The Bertz CT molecular complexity index is 384. The van der Waals surface area contributed by atoms with Crippen LogP contribution in [0, 0.1) is 0 Å². The SMILES string of the molecule is CCCNC(COC(C)COCC)c1cccc(OC)c1. The largest absolute Gasteiger partial charge is 0.497 e. The first kappa shape index (κ1) is 18.0. The van der Waals surface area contributed by atoms with Crippen LogP contribution < -0.4 is 10.1 Å². The van der Waals surface area contributed by atoms with Crippen LogP contribution in [-0.2, 0) is 9.47 Å². The molecule has 0 saturated carbocycles. The van der Waals surface area contributed by atoms with Gasteiger partial charge < -0.3 is 19.5 Å². The molecule has 0 aliphatic rings. The van der Waals surface area contributed by atoms with Crippen LogP contribution in [0.1, 0.15) is 38.8 Å². The van der Waals surface area contributed by atoms with E-state index >= 15 is 0 Å². The van der Waals surface area contributed by atoms with E-state index in [9.17, 15) is 0 Å². The second kappa shape index (κ2) is 10.6. The highest BCUT2D eigenvalue weighted by Gasteiger charge is 2.13. The summed E-state index contributed by atoms with van der Waals surface area (Å²) in [6.07, 6.45) is 1.19. The van der Waals surface area contributed by atoms with E-state index in [0.717, 1.165) is 25.3 Å². The van der Waals surface area contributed by atoms with Crippen LogP contribution >= 0.6 is 0 Å².